The number of halogens is 1. The summed E-state index contributed by atoms with van der Waals surface area (Å²) in [4.78, 5) is 11.9. The Bertz CT molecular complexity index is 656. The first-order valence-electron chi connectivity index (χ1n) is 6.62. The van der Waals surface area contributed by atoms with Gasteiger partial charge >= 0.3 is 0 Å². The molecule has 1 fully saturated rings. The fourth-order valence-electron chi connectivity index (χ4n) is 2.41. The Morgan fingerprint density at radius 3 is 2.38 bits per heavy atom. The maximum atomic E-state index is 11.6. The maximum Gasteiger partial charge on any atom is 0.249 e. The number of rotatable bonds is 4. The minimum atomic E-state index is -3.99. The van der Waals surface area contributed by atoms with Crippen LogP contribution in [0.5, 0.6) is 0 Å². The van der Waals surface area contributed by atoms with E-state index in [1.807, 2.05) is 0 Å². The Labute approximate surface area is 133 Å². The average Bonchev–Trinajstić information content (AvgIpc) is 2.38. The number of amides is 1. The number of nitrogens with two attached hydrogens (primary N) is 2. The van der Waals surface area contributed by atoms with Crippen molar-refractivity contribution in [2.24, 2.45) is 10.9 Å². The molecule has 1 aromatic carbocycles. The molecule has 0 atom stereocenters. The Morgan fingerprint density at radius 2 is 1.86 bits per heavy atom. The van der Waals surface area contributed by atoms with Crippen molar-refractivity contribution in [1.82, 2.24) is 0 Å². The molecule has 0 radical (unpaired) electrons. The molecule has 4 N–H and O–H groups in total. The van der Waals surface area contributed by atoms with Crippen LogP contribution in [-0.4, -0.2) is 19.6 Å². The van der Waals surface area contributed by atoms with E-state index in [0.717, 1.165) is 25.7 Å². The summed E-state index contributed by atoms with van der Waals surface area (Å²) in [6.45, 7) is 0. The molecule has 0 aromatic heterocycles. The van der Waals surface area contributed by atoms with Crippen molar-refractivity contribution in [3.63, 3.8) is 0 Å². The Morgan fingerprint density at radius 1 is 1.24 bits per heavy atom. The summed E-state index contributed by atoms with van der Waals surface area (Å²) in [6, 6.07) is 2.64. The lowest BCUT2D eigenvalue weighted by Crippen LogP contribution is -2.18. The molecule has 1 aromatic rings. The van der Waals surface area contributed by atoms with Crippen molar-refractivity contribution in [3.8, 4) is 0 Å². The molecule has 8 heteroatoms. The zero-order valence-electron chi connectivity index (χ0n) is 11.3. The van der Waals surface area contributed by atoms with Gasteiger partial charge in [-0.15, -0.1) is 11.8 Å². The van der Waals surface area contributed by atoms with Crippen LogP contribution in [0.3, 0.4) is 0 Å². The highest BCUT2D eigenvalue weighted by Crippen LogP contribution is 2.38. The van der Waals surface area contributed by atoms with Gasteiger partial charge in [-0.1, -0.05) is 30.9 Å². The third kappa shape index (κ3) is 4.12. The Hall–Kier alpha value is -0.760. The standard InChI is InChI=1S/C13H17ClN2O3S2/c14-10-7-11(20-8-4-2-1-3-5-8)9(13(15)17)6-12(10)21(16,18)19/h6-8H,1-5H2,(H2,15,17)(H2,16,18,19). The second-order valence-corrected chi connectivity index (χ2v) is 8.35. The summed E-state index contributed by atoms with van der Waals surface area (Å²) < 4.78 is 22.9. The molecule has 0 bridgehead atoms. The van der Waals surface area contributed by atoms with Crippen LogP contribution in [0.2, 0.25) is 5.02 Å². The van der Waals surface area contributed by atoms with E-state index in [9.17, 15) is 13.2 Å². The molecule has 2 rings (SSSR count). The molecular weight excluding hydrogens is 332 g/mol. The lowest BCUT2D eigenvalue weighted by molar-refractivity contribution is 0.0997. The second-order valence-electron chi connectivity index (χ2n) is 5.07. The van der Waals surface area contributed by atoms with Crippen molar-refractivity contribution < 1.29 is 13.2 Å². The van der Waals surface area contributed by atoms with Crippen LogP contribution >= 0.6 is 23.4 Å². The average molecular weight is 349 g/mol. The van der Waals surface area contributed by atoms with Gasteiger partial charge in [-0.2, -0.15) is 0 Å². The quantitative estimate of drug-likeness (QED) is 0.872. The Kier molecular flexibility index (Phi) is 5.19. The van der Waals surface area contributed by atoms with E-state index in [4.69, 9.17) is 22.5 Å². The first-order valence-corrected chi connectivity index (χ1v) is 9.42. The van der Waals surface area contributed by atoms with Gasteiger partial charge < -0.3 is 5.73 Å². The molecule has 1 aliphatic rings. The molecular formula is C13H17ClN2O3S2. The van der Waals surface area contributed by atoms with Crippen molar-refractivity contribution in [1.29, 1.82) is 0 Å². The summed E-state index contributed by atoms with van der Waals surface area (Å²) in [5.41, 5.74) is 5.50. The van der Waals surface area contributed by atoms with E-state index < -0.39 is 15.9 Å². The molecule has 1 saturated carbocycles. The summed E-state index contributed by atoms with van der Waals surface area (Å²) in [5.74, 6) is -0.685. The van der Waals surface area contributed by atoms with Gasteiger partial charge in [0.1, 0.15) is 4.90 Å². The summed E-state index contributed by atoms with van der Waals surface area (Å²) >= 11 is 7.52. The van der Waals surface area contributed by atoms with Gasteiger partial charge in [0.25, 0.3) is 0 Å². The molecule has 0 spiro atoms. The van der Waals surface area contributed by atoms with Gasteiger partial charge in [-0.25, -0.2) is 13.6 Å². The van der Waals surface area contributed by atoms with E-state index in [0.29, 0.717) is 10.1 Å². The van der Waals surface area contributed by atoms with Gasteiger partial charge in [0, 0.05) is 10.1 Å². The van der Waals surface area contributed by atoms with Crippen LogP contribution in [0.4, 0.5) is 0 Å². The van der Waals surface area contributed by atoms with Crippen LogP contribution in [0.1, 0.15) is 42.5 Å². The predicted molar refractivity (Wildman–Crippen MR) is 84.1 cm³/mol. The molecule has 116 valence electrons. The van der Waals surface area contributed by atoms with Crippen molar-refractivity contribution in [2.45, 2.75) is 47.1 Å². The van der Waals surface area contributed by atoms with Crippen molar-refractivity contribution >= 4 is 39.3 Å². The first-order chi connectivity index (χ1) is 9.79. The van der Waals surface area contributed by atoms with Crippen molar-refractivity contribution in [3.05, 3.63) is 22.7 Å². The topological polar surface area (TPSA) is 103 Å². The largest absolute Gasteiger partial charge is 0.366 e. The van der Waals surface area contributed by atoms with Crippen LogP contribution in [0.15, 0.2) is 21.9 Å². The summed E-state index contributed by atoms with van der Waals surface area (Å²) in [7, 11) is -3.99. The molecule has 0 saturated heterocycles. The van der Waals surface area contributed by atoms with Gasteiger partial charge in [0.2, 0.25) is 15.9 Å². The fourth-order valence-corrected chi connectivity index (χ4v) is 4.97. The molecule has 1 aliphatic carbocycles. The molecule has 21 heavy (non-hydrogen) atoms. The Balaban J connectivity index is 2.40. The number of primary amides is 1. The van der Waals surface area contributed by atoms with Crippen molar-refractivity contribution in [2.75, 3.05) is 0 Å². The number of carbonyl (C=O) groups excluding carboxylic acids is 1. The molecule has 0 heterocycles. The summed E-state index contributed by atoms with van der Waals surface area (Å²) in [5, 5.41) is 5.50. The third-order valence-electron chi connectivity index (χ3n) is 3.45. The normalized spacial score (nSPS) is 16.9. The molecule has 0 unspecified atom stereocenters. The fraction of sp³-hybridized carbons (Fsp3) is 0.462. The van der Waals surface area contributed by atoms with Crippen LogP contribution < -0.4 is 10.9 Å². The minimum Gasteiger partial charge on any atom is -0.366 e. The van der Waals surface area contributed by atoms with Gasteiger partial charge in [-0.3, -0.25) is 4.79 Å². The SMILES string of the molecule is NC(=O)c1cc(S(N)(=O)=O)c(Cl)cc1SC1CCCCC1. The van der Waals surface area contributed by atoms with Gasteiger partial charge in [-0.05, 0) is 25.0 Å². The number of sulfonamides is 1. The number of hydrogen-bond donors (Lipinski definition) is 2. The second kappa shape index (κ2) is 6.56. The molecule has 1 amide bonds. The van der Waals surface area contributed by atoms with Gasteiger partial charge in [0.15, 0.2) is 0 Å². The maximum absolute atomic E-state index is 11.6. The number of carbonyl (C=O) groups is 1. The number of benzene rings is 1. The smallest absolute Gasteiger partial charge is 0.249 e. The van der Waals surface area contributed by atoms with E-state index in [1.54, 1.807) is 0 Å². The van der Waals surface area contributed by atoms with Crippen LogP contribution in [0.25, 0.3) is 0 Å². The van der Waals surface area contributed by atoms with Crippen LogP contribution in [0, 0.1) is 0 Å². The van der Waals surface area contributed by atoms with E-state index in [2.05, 4.69) is 0 Å². The van der Waals surface area contributed by atoms with E-state index in [-0.39, 0.29) is 15.5 Å². The molecule has 0 aliphatic heterocycles. The number of primary sulfonamides is 1. The highest BCUT2D eigenvalue weighted by atomic mass is 35.5. The highest BCUT2D eigenvalue weighted by Gasteiger charge is 2.22. The number of hydrogen-bond acceptors (Lipinski definition) is 4. The van der Waals surface area contributed by atoms with Crippen LogP contribution in [-0.2, 0) is 10.0 Å². The molecule has 5 nitrogen and oxygen atoms in total. The lowest BCUT2D eigenvalue weighted by Gasteiger charge is -2.22. The monoisotopic (exact) mass is 348 g/mol. The van der Waals surface area contributed by atoms with Gasteiger partial charge in [0.05, 0.1) is 10.6 Å². The highest BCUT2D eigenvalue weighted by molar-refractivity contribution is 8.00. The minimum absolute atomic E-state index is 0.0146. The zero-order chi connectivity index (χ0) is 15.6. The first kappa shape index (κ1) is 16.6. The lowest BCUT2D eigenvalue weighted by atomic mass is 10.0. The summed E-state index contributed by atoms with van der Waals surface area (Å²) in [6.07, 6.45) is 5.68. The predicted octanol–water partition coefficient (Wildman–Crippen LogP) is 2.51. The number of thioether (sulfide) groups is 1. The van der Waals surface area contributed by atoms with E-state index in [1.165, 1.54) is 30.3 Å². The van der Waals surface area contributed by atoms with E-state index >= 15 is 0 Å². The third-order valence-corrected chi connectivity index (χ3v) is 6.22. The zero-order valence-corrected chi connectivity index (χ0v) is 13.7.